The number of hydrogen-bond acceptors (Lipinski definition) is 1. The van der Waals surface area contributed by atoms with Gasteiger partial charge in [0.15, 0.2) is 0 Å². The van der Waals surface area contributed by atoms with Gasteiger partial charge in [-0.05, 0) is 45.5 Å². The summed E-state index contributed by atoms with van der Waals surface area (Å²) in [6, 6.07) is 34.8. The first-order valence-electron chi connectivity index (χ1n) is 9.31. The molecule has 0 unspecified atom stereocenters. The van der Waals surface area contributed by atoms with Gasteiger partial charge in [-0.2, -0.15) is 0 Å². The van der Waals surface area contributed by atoms with Gasteiger partial charge in [0.25, 0.3) is 0 Å². The van der Waals surface area contributed by atoms with Crippen LogP contribution in [0.25, 0.3) is 11.1 Å². The van der Waals surface area contributed by atoms with Crippen LogP contribution in [-0.4, -0.2) is 11.1 Å². The van der Waals surface area contributed by atoms with Crippen molar-refractivity contribution in [2.45, 2.75) is 5.41 Å². The fourth-order valence-electron chi connectivity index (χ4n) is 4.57. The van der Waals surface area contributed by atoms with Crippen LogP contribution in [0.15, 0.2) is 103 Å². The maximum absolute atomic E-state index is 11.4. The number of benzene rings is 4. The zero-order valence-electron chi connectivity index (χ0n) is 15.2. The summed E-state index contributed by atoms with van der Waals surface area (Å²) in [5, 5.41) is 9.34. The standard InChI is InChI=1S/C26H18O2/c27-25(28)18-14-16-20(17-15-18)26(19-8-2-1-3-9-19)23-12-6-4-10-21(23)22-11-5-7-13-24(22)26/h1-17H,(H,27,28). The van der Waals surface area contributed by atoms with Gasteiger partial charge in [-0.25, -0.2) is 4.79 Å². The first-order valence-corrected chi connectivity index (χ1v) is 9.31. The lowest BCUT2D eigenvalue weighted by Crippen LogP contribution is -2.28. The van der Waals surface area contributed by atoms with Gasteiger partial charge in [0.05, 0.1) is 11.0 Å². The van der Waals surface area contributed by atoms with E-state index in [1.807, 2.05) is 18.2 Å². The molecular formula is C26H18O2. The van der Waals surface area contributed by atoms with E-state index < -0.39 is 11.4 Å². The van der Waals surface area contributed by atoms with Crippen molar-refractivity contribution in [3.8, 4) is 11.1 Å². The zero-order valence-corrected chi connectivity index (χ0v) is 15.2. The molecule has 1 N–H and O–H groups in total. The molecule has 0 spiro atoms. The van der Waals surface area contributed by atoms with Crippen molar-refractivity contribution >= 4 is 5.97 Å². The maximum Gasteiger partial charge on any atom is 0.335 e. The number of carbonyl (C=O) groups is 1. The Labute approximate surface area is 163 Å². The van der Waals surface area contributed by atoms with Gasteiger partial charge < -0.3 is 5.11 Å². The molecule has 0 atom stereocenters. The van der Waals surface area contributed by atoms with Crippen LogP contribution in [0.1, 0.15) is 32.6 Å². The van der Waals surface area contributed by atoms with Gasteiger partial charge in [0, 0.05) is 0 Å². The molecule has 1 aliphatic carbocycles. The number of fused-ring (bicyclic) bond motifs is 3. The van der Waals surface area contributed by atoms with Crippen molar-refractivity contribution in [3.05, 3.63) is 131 Å². The summed E-state index contributed by atoms with van der Waals surface area (Å²) in [6.45, 7) is 0. The fourth-order valence-corrected chi connectivity index (χ4v) is 4.57. The van der Waals surface area contributed by atoms with E-state index in [4.69, 9.17) is 0 Å². The largest absolute Gasteiger partial charge is 0.478 e. The molecule has 134 valence electrons. The minimum absolute atomic E-state index is 0.298. The fraction of sp³-hybridized carbons (Fsp3) is 0.0385. The molecule has 1 aliphatic rings. The van der Waals surface area contributed by atoms with Crippen LogP contribution in [0.5, 0.6) is 0 Å². The van der Waals surface area contributed by atoms with Gasteiger partial charge in [0.1, 0.15) is 0 Å². The third-order valence-electron chi connectivity index (χ3n) is 5.72. The second-order valence-electron chi connectivity index (χ2n) is 7.09. The van der Waals surface area contributed by atoms with Gasteiger partial charge in [0.2, 0.25) is 0 Å². The summed E-state index contributed by atoms with van der Waals surface area (Å²) >= 11 is 0. The zero-order chi connectivity index (χ0) is 19.1. The molecule has 0 saturated carbocycles. The molecule has 0 fully saturated rings. The molecule has 5 rings (SSSR count). The second kappa shape index (κ2) is 6.21. The Morgan fingerprint density at radius 1 is 0.571 bits per heavy atom. The molecule has 0 amide bonds. The van der Waals surface area contributed by atoms with E-state index >= 15 is 0 Å². The van der Waals surface area contributed by atoms with E-state index in [0.717, 1.165) is 5.56 Å². The molecule has 2 nitrogen and oxygen atoms in total. The van der Waals surface area contributed by atoms with Gasteiger partial charge in [-0.1, -0.05) is 91.0 Å². The third kappa shape index (κ3) is 2.18. The first-order chi connectivity index (χ1) is 13.7. The van der Waals surface area contributed by atoms with Crippen LogP contribution in [0.4, 0.5) is 0 Å². The topological polar surface area (TPSA) is 37.3 Å². The van der Waals surface area contributed by atoms with E-state index in [-0.39, 0.29) is 0 Å². The van der Waals surface area contributed by atoms with Crippen molar-refractivity contribution in [1.82, 2.24) is 0 Å². The molecule has 0 heterocycles. The van der Waals surface area contributed by atoms with Crippen LogP contribution in [0, 0.1) is 0 Å². The number of rotatable bonds is 3. The number of hydrogen-bond donors (Lipinski definition) is 1. The molecule has 0 aromatic heterocycles. The normalized spacial score (nSPS) is 13.6. The highest BCUT2D eigenvalue weighted by molar-refractivity contribution is 5.89. The van der Waals surface area contributed by atoms with E-state index in [9.17, 15) is 9.90 Å². The second-order valence-corrected chi connectivity index (χ2v) is 7.09. The predicted octanol–water partition coefficient (Wildman–Crippen LogP) is 5.75. The van der Waals surface area contributed by atoms with Crippen LogP contribution in [-0.2, 0) is 5.41 Å². The lowest BCUT2D eigenvalue weighted by Gasteiger charge is -2.33. The monoisotopic (exact) mass is 362 g/mol. The van der Waals surface area contributed by atoms with Crippen LogP contribution in [0.2, 0.25) is 0 Å². The molecule has 2 heteroatoms. The van der Waals surface area contributed by atoms with Crippen LogP contribution >= 0.6 is 0 Å². The number of aromatic carboxylic acids is 1. The Morgan fingerprint density at radius 2 is 1.04 bits per heavy atom. The van der Waals surface area contributed by atoms with Crippen molar-refractivity contribution in [3.63, 3.8) is 0 Å². The lowest BCUT2D eigenvalue weighted by molar-refractivity contribution is 0.0697. The van der Waals surface area contributed by atoms with Crippen molar-refractivity contribution in [2.24, 2.45) is 0 Å². The van der Waals surface area contributed by atoms with Crippen LogP contribution < -0.4 is 0 Å². The van der Waals surface area contributed by atoms with Crippen molar-refractivity contribution in [1.29, 1.82) is 0 Å². The molecule has 0 aliphatic heterocycles. The minimum atomic E-state index is -0.910. The average molecular weight is 362 g/mol. The van der Waals surface area contributed by atoms with Crippen LogP contribution in [0.3, 0.4) is 0 Å². The third-order valence-corrected chi connectivity index (χ3v) is 5.72. The molecule has 28 heavy (non-hydrogen) atoms. The summed E-state index contributed by atoms with van der Waals surface area (Å²) < 4.78 is 0. The molecule has 0 saturated heterocycles. The van der Waals surface area contributed by atoms with Crippen molar-refractivity contribution in [2.75, 3.05) is 0 Å². The van der Waals surface area contributed by atoms with Gasteiger partial charge >= 0.3 is 5.97 Å². The Morgan fingerprint density at radius 3 is 1.57 bits per heavy atom. The van der Waals surface area contributed by atoms with E-state index in [1.54, 1.807) is 12.1 Å². The Hall–Kier alpha value is -3.65. The molecule has 0 bridgehead atoms. The summed E-state index contributed by atoms with van der Waals surface area (Å²) in [5.74, 6) is -0.910. The minimum Gasteiger partial charge on any atom is -0.478 e. The maximum atomic E-state index is 11.4. The lowest BCUT2D eigenvalue weighted by atomic mass is 9.67. The highest BCUT2D eigenvalue weighted by Crippen LogP contribution is 2.55. The molecule has 4 aromatic carbocycles. The SMILES string of the molecule is O=C(O)c1ccc(C2(c3ccccc3)c3ccccc3-c3ccccc32)cc1. The Bertz CT molecular complexity index is 1130. The predicted molar refractivity (Wildman–Crippen MR) is 111 cm³/mol. The Kier molecular flexibility index (Phi) is 3.66. The highest BCUT2D eigenvalue weighted by atomic mass is 16.4. The molecule has 0 radical (unpaired) electrons. The molecular weight excluding hydrogens is 344 g/mol. The smallest absolute Gasteiger partial charge is 0.335 e. The summed E-state index contributed by atoms with van der Waals surface area (Å²) in [5.41, 5.74) is 6.98. The molecule has 4 aromatic rings. The van der Waals surface area contributed by atoms with Gasteiger partial charge in [-0.3, -0.25) is 0 Å². The quantitative estimate of drug-likeness (QED) is 0.444. The first kappa shape index (κ1) is 16.5. The average Bonchev–Trinajstić information content (AvgIpc) is 3.06. The number of carboxylic acids is 1. The van der Waals surface area contributed by atoms with Crippen molar-refractivity contribution < 1.29 is 9.90 Å². The summed E-state index contributed by atoms with van der Waals surface area (Å²) in [4.78, 5) is 11.4. The summed E-state index contributed by atoms with van der Waals surface area (Å²) in [6.07, 6.45) is 0. The summed E-state index contributed by atoms with van der Waals surface area (Å²) in [7, 11) is 0. The Balaban J connectivity index is 1.90. The highest BCUT2D eigenvalue weighted by Gasteiger charge is 2.45. The van der Waals surface area contributed by atoms with Gasteiger partial charge in [-0.15, -0.1) is 0 Å². The number of carboxylic acid groups (broad SMARTS) is 1. The van der Waals surface area contributed by atoms with E-state index in [0.29, 0.717) is 5.56 Å². The van der Waals surface area contributed by atoms with E-state index in [1.165, 1.54) is 27.8 Å². The van der Waals surface area contributed by atoms with E-state index in [2.05, 4.69) is 72.8 Å².